The zero-order valence-corrected chi connectivity index (χ0v) is 17.2. The monoisotopic (exact) mass is 442 g/mol. The number of aromatic nitrogens is 2. The van der Waals surface area contributed by atoms with Gasteiger partial charge in [-0.25, -0.2) is 13.4 Å². The second-order valence-electron chi connectivity index (χ2n) is 6.65. The number of nitrogens with one attached hydrogen (secondary N) is 2. The Kier molecular flexibility index (Phi) is 4.92. The second-order valence-corrected chi connectivity index (χ2v) is 8.77. The van der Waals surface area contributed by atoms with E-state index in [1.807, 2.05) is 6.92 Å². The smallest absolute Gasteiger partial charge is 0.271 e. The fraction of sp³-hybridized carbons (Fsp3) is 0.0500. The summed E-state index contributed by atoms with van der Waals surface area (Å²) in [4.78, 5) is 18.1. The van der Waals surface area contributed by atoms with Gasteiger partial charge in [0, 0.05) is 22.7 Å². The van der Waals surface area contributed by atoms with Gasteiger partial charge in [0.15, 0.2) is 0 Å². The molecule has 152 valence electrons. The van der Waals surface area contributed by atoms with Crippen LogP contribution in [0.3, 0.4) is 0 Å². The number of aryl methyl sites for hydroxylation is 1. The van der Waals surface area contributed by atoms with E-state index in [9.17, 15) is 18.5 Å². The van der Waals surface area contributed by atoms with Crippen molar-refractivity contribution in [3.63, 3.8) is 0 Å². The fourth-order valence-electron chi connectivity index (χ4n) is 2.96. The average Bonchev–Trinajstić information content (AvgIpc) is 3.12. The summed E-state index contributed by atoms with van der Waals surface area (Å²) in [7, 11) is -3.85. The molecule has 0 amide bonds. The zero-order chi connectivity index (χ0) is 21.5. The van der Waals surface area contributed by atoms with E-state index in [2.05, 4.69) is 14.7 Å². The first-order valence-electron chi connectivity index (χ1n) is 8.76. The number of benzene rings is 3. The molecular weight excluding hydrogens is 428 g/mol. The van der Waals surface area contributed by atoms with Gasteiger partial charge in [-0.05, 0) is 43.3 Å². The van der Waals surface area contributed by atoms with Gasteiger partial charge in [-0.3, -0.25) is 14.8 Å². The Bertz CT molecular complexity index is 1380. The normalized spacial score (nSPS) is 11.5. The molecule has 3 aromatic carbocycles. The Morgan fingerprint density at radius 2 is 1.80 bits per heavy atom. The molecule has 0 aliphatic heterocycles. The summed E-state index contributed by atoms with van der Waals surface area (Å²) >= 11 is 6.13. The molecule has 0 atom stereocenters. The molecule has 0 fully saturated rings. The Morgan fingerprint density at radius 1 is 1.07 bits per heavy atom. The number of hydrogen-bond acceptors (Lipinski definition) is 5. The highest BCUT2D eigenvalue weighted by atomic mass is 35.5. The number of rotatable bonds is 5. The number of nitro groups is 1. The molecule has 30 heavy (non-hydrogen) atoms. The summed E-state index contributed by atoms with van der Waals surface area (Å²) in [5.41, 5.74) is 2.50. The maximum atomic E-state index is 12.8. The molecule has 0 radical (unpaired) electrons. The van der Waals surface area contributed by atoms with Crippen molar-refractivity contribution in [3.8, 4) is 11.4 Å². The quantitative estimate of drug-likeness (QED) is 0.336. The van der Waals surface area contributed by atoms with Crippen LogP contribution < -0.4 is 4.72 Å². The minimum Gasteiger partial charge on any atom is -0.338 e. The van der Waals surface area contributed by atoms with E-state index in [-0.39, 0.29) is 16.3 Å². The number of hydrogen-bond donors (Lipinski definition) is 2. The van der Waals surface area contributed by atoms with Crippen molar-refractivity contribution in [1.29, 1.82) is 0 Å². The third-order valence-corrected chi connectivity index (χ3v) is 6.11. The molecule has 8 nitrogen and oxygen atoms in total. The van der Waals surface area contributed by atoms with Gasteiger partial charge in [0.1, 0.15) is 5.82 Å². The number of sulfonamides is 1. The van der Waals surface area contributed by atoms with Gasteiger partial charge in [0.25, 0.3) is 15.7 Å². The van der Waals surface area contributed by atoms with Crippen LogP contribution in [0.25, 0.3) is 22.4 Å². The van der Waals surface area contributed by atoms with Gasteiger partial charge in [-0.2, -0.15) is 0 Å². The summed E-state index contributed by atoms with van der Waals surface area (Å²) in [5.74, 6) is 0.328. The minimum absolute atomic E-state index is 0.0795. The van der Waals surface area contributed by atoms with Crippen LogP contribution in [0.1, 0.15) is 5.56 Å². The minimum atomic E-state index is -3.85. The summed E-state index contributed by atoms with van der Waals surface area (Å²) in [6.45, 7) is 1.87. The molecule has 10 heteroatoms. The zero-order valence-electron chi connectivity index (χ0n) is 15.6. The molecule has 0 aliphatic carbocycles. The summed E-state index contributed by atoms with van der Waals surface area (Å²) in [6, 6.07) is 15.4. The van der Waals surface area contributed by atoms with Crippen molar-refractivity contribution in [1.82, 2.24) is 9.97 Å². The van der Waals surface area contributed by atoms with Crippen LogP contribution in [0.4, 0.5) is 11.4 Å². The van der Waals surface area contributed by atoms with Crippen LogP contribution in [0.5, 0.6) is 0 Å². The lowest BCUT2D eigenvalue weighted by Gasteiger charge is -2.12. The molecule has 0 saturated heterocycles. The number of nitrogens with zero attached hydrogens (tertiary/aromatic N) is 2. The highest BCUT2D eigenvalue weighted by molar-refractivity contribution is 7.92. The molecule has 4 aromatic rings. The Labute approximate surface area is 176 Å². The Hall–Kier alpha value is -3.43. The number of non-ortho nitro benzene ring substituents is 1. The van der Waals surface area contributed by atoms with Crippen LogP contribution in [-0.4, -0.2) is 23.3 Å². The maximum absolute atomic E-state index is 12.8. The number of imidazole rings is 1. The Morgan fingerprint density at radius 3 is 2.50 bits per heavy atom. The van der Waals surface area contributed by atoms with Gasteiger partial charge in [0.2, 0.25) is 0 Å². The van der Waals surface area contributed by atoms with Crippen molar-refractivity contribution in [3.05, 3.63) is 81.4 Å². The third kappa shape index (κ3) is 3.85. The van der Waals surface area contributed by atoms with Gasteiger partial charge in [-0.1, -0.05) is 29.3 Å². The molecule has 0 bridgehead atoms. The van der Waals surface area contributed by atoms with E-state index in [1.54, 1.807) is 30.3 Å². The largest absolute Gasteiger partial charge is 0.338 e. The lowest BCUT2D eigenvalue weighted by Crippen LogP contribution is -2.13. The van der Waals surface area contributed by atoms with Crippen molar-refractivity contribution in [2.45, 2.75) is 11.8 Å². The van der Waals surface area contributed by atoms with Crippen molar-refractivity contribution >= 4 is 44.0 Å². The summed E-state index contributed by atoms with van der Waals surface area (Å²) < 4.78 is 28.2. The van der Waals surface area contributed by atoms with Gasteiger partial charge in [-0.15, -0.1) is 0 Å². The van der Waals surface area contributed by atoms with Gasteiger partial charge in [0.05, 0.1) is 26.5 Å². The van der Waals surface area contributed by atoms with E-state index >= 15 is 0 Å². The molecule has 0 saturated carbocycles. The van der Waals surface area contributed by atoms with E-state index in [0.29, 0.717) is 27.4 Å². The molecule has 0 unspecified atom stereocenters. The number of nitro benzene ring substituents is 1. The first kappa shape index (κ1) is 19.9. The molecule has 4 rings (SSSR count). The van der Waals surface area contributed by atoms with E-state index in [0.717, 1.165) is 5.56 Å². The molecule has 1 aromatic heterocycles. The highest BCUT2D eigenvalue weighted by Crippen LogP contribution is 2.32. The molecular formula is C20H15ClN4O4S. The predicted molar refractivity (Wildman–Crippen MR) is 115 cm³/mol. The van der Waals surface area contributed by atoms with Crippen LogP contribution in [0, 0.1) is 17.0 Å². The molecule has 1 heterocycles. The van der Waals surface area contributed by atoms with Gasteiger partial charge < -0.3 is 4.98 Å². The first-order chi connectivity index (χ1) is 14.2. The number of H-pyrrole nitrogens is 1. The lowest BCUT2D eigenvalue weighted by molar-refractivity contribution is -0.384. The summed E-state index contributed by atoms with van der Waals surface area (Å²) in [6.07, 6.45) is 0. The van der Waals surface area contributed by atoms with E-state index < -0.39 is 14.9 Å². The number of halogens is 1. The summed E-state index contributed by atoms with van der Waals surface area (Å²) in [5, 5.41) is 11.4. The molecule has 0 spiro atoms. The standard InChI is InChI=1S/C20H15ClN4O4S/c1-12-2-6-15(7-3-12)30(28,29)24-17-8-4-13(21)10-16(17)20-22-18-9-5-14(25(26)27)11-19(18)23-20/h2-11,24H,1H3,(H,22,23). The predicted octanol–water partition coefficient (Wildman–Crippen LogP) is 4.90. The van der Waals surface area contributed by atoms with Gasteiger partial charge >= 0.3 is 0 Å². The molecule has 0 aliphatic rings. The van der Waals surface area contributed by atoms with Crippen LogP contribution >= 0.6 is 11.6 Å². The van der Waals surface area contributed by atoms with Crippen LogP contribution in [0.2, 0.25) is 5.02 Å². The van der Waals surface area contributed by atoms with Crippen molar-refractivity contribution in [2.24, 2.45) is 0 Å². The van der Waals surface area contributed by atoms with E-state index in [1.165, 1.54) is 30.3 Å². The number of anilines is 1. The lowest BCUT2D eigenvalue weighted by atomic mass is 10.2. The van der Waals surface area contributed by atoms with E-state index in [4.69, 9.17) is 11.6 Å². The fourth-order valence-corrected chi connectivity index (χ4v) is 4.21. The number of aromatic amines is 1. The average molecular weight is 443 g/mol. The first-order valence-corrected chi connectivity index (χ1v) is 10.6. The van der Waals surface area contributed by atoms with Crippen molar-refractivity contribution < 1.29 is 13.3 Å². The molecule has 2 N–H and O–H groups in total. The maximum Gasteiger partial charge on any atom is 0.271 e. The highest BCUT2D eigenvalue weighted by Gasteiger charge is 2.19. The van der Waals surface area contributed by atoms with Crippen molar-refractivity contribution in [2.75, 3.05) is 4.72 Å². The van der Waals surface area contributed by atoms with Crippen LogP contribution in [-0.2, 0) is 10.0 Å². The Balaban J connectivity index is 1.78. The SMILES string of the molecule is Cc1ccc(S(=O)(=O)Nc2ccc(Cl)cc2-c2nc3ccc([N+](=O)[O-])cc3[nH]2)cc1. The topological polar surface area (TPSA) is 118 Å². The van der Waals surface area contributed by atoms with Crippen LogP contribution in [0.15, 0.2) is 65.6 Å². The third-order valence-electron chi connectivity index (χ3n) is 4.49. The second kappa shape index (κ2) is 7.43. The number of fused-ring (bicyclic) bond motifs is 1.